The number of hydrogen-bond acceptors (Lipinski definition) is 8. The summed E-state index contributed by atoms with van der Waals surface area (Å²) in [6, 6.07) is 10.2. The van der Waals surface area contributed by atoms with Crippen LogP contribution in [0, 0.1) is 13.8 Å². The topological polar surface area (TPSA) is 74.2 Å². The molecule has 1 unspecified atom stereocenters. The number of aldehydes is 1. The van der Waals surface area contributed by atoms with Crippen molar-refractivity contribution in [2.75, 3.05) is 36.4 Å². The van der Waals surface area contributed by atoms with Crippen LogP contribution in [0.5, 0.6) is 0 Å². The first kappa shape index (κ1) is 20.4. The number of hydrogen-bond donors (Lipinski definition) is 1. The lowest BCUT2D eigenvalue weighted by Crippen LogP contribution is -2.50. The summed E-state index contributed by atoms with van der Waals surface area (Å²) in [5, 5.41) is 4.33. The second-order valence-corrected chi connectivity index (χ2v) is 8.69. The van der Waals surface area contributed by atoms with Crippen LogP contribution in [-0.4, -0.2) is 58.4 Å². The van der Waals surface area contributed by atoms with E-state index in [-0.39, 0.29) is 6.04 Å². The molecule has 1 aliphatic heterocycles. The smallest absolute Gasteiger partial charge is 0.227 e. The third kappa shape index (κ3) is 4.49. The van der Waals surface area contributed by atoms with Gasteiger partial charge in [0.25, 0.3) is 0 Å². The number of carbonyl (C=O) groups is 1. The Morgan fingerprint density at radius 1 is 1.07 bits per heavy atom. The highest BCUT2D eigenvalue weighted by Gasteiger charge is 2.20. The first-order valence-corrected chi connectivity index (χ1v) is 10.9. The molecular formula is C22H26N6OS. The molecule has 1 saturated heterocycles. The molecule has 7 nitrogen and oxygen atoms in total. The Bertz CT molecular complexity index is 1010. The average Bonchev–Trinajstić information content (AvgIpc) is 3.12. The number of anilines is 3. The molecule has 8 heteroatoms. The molecule has 3 aromatic rings. The molecule has 4 rings (SSSR count). The lowest BCUT2D eigenvalue weighted by Gasteiger charge is -2.37. The maximum atomic E-state index is 11.0. The molecule has 1 fully saturated rings. The monoisotopic (exact) mass is 422 g/mol. The van der Waals surface area contributed by atoms with Crippen LogP contribution >= 0.6 is 11.3 Å². The van der Waals surface area contributed by atoms with Gasteiger partial charge in [-0.25, -0.2) is 15.0 Å². The van der Waals surface area contributed by atoms with Gasteiger partial charge in [0.2, 0.25) is 5.95 Å². The first-order valence-electron chi connectivity index (χ1n) is 10.1. The summed E-state index contributed by atoms with van der Waals surface area (Å²) in [4.78, 5) is 30.1. The molecule has 1 aromatic carbocycles. The first-order chi connectivity index (χ1) is 14.5. The van der Waals surface area contributed by atoms with Crippen molar-refractivity contribution in [3.05, 3.63) is 47.2 Å². The van der Waals surface area contributed by atoms with E-state index < -0.39 is 0 Å². The highest BCUT2D eigenvalue weighted by Crippen LogP contribution is 2.29. The molecule has 2 aromatic heterocycles. The van der Waals surface area contributed by atoms with Crippen LogP contribution in [0.1, 0.15) is 17.6 Å². The average molecular weight is 423 g/mol. The second-order valence-electron chi connectivity index (χ2n) is 7.48. The number of thiazole rings is 1. The van der Waals surface area contributed by atoms with E-state index in [0.717, 1.165) is 59.4 Å². The van der Waals surface area contributed by atoms with Crippen molar-refractivity contribution in [3.63, 3.8) is 0 Å². The van der Waals surface area contributed by atoms with Gasteiger partial charge in [-0.3, -0.25) is 4.90 Å². The Morgan fingerprint density at radius 2 is 1.80 bits per heavy atom. The molecule has 0 spiro atoms. The van der Waals surface area contributed by atoms with Crippen LogP contribution in [0.2, 0.25) is 0 Å². The Hall–Kier alpha value is -2.84. The van der Waals surface area contributed by atoms with Crippen molar-refractivity contribution < 1.29 is 4.79 Å². The van der Waals surface area contributed by atoms with E-state index >= 15 is 0 Å². The molecule has 1 atom stereocenters. The number of carbonyl (C=O) groups excluding carboxylic acids is 1. The standard InChI is InChI=1S/C22H26N6OS/c1-15(14-29)27-10-12-28(13-11-27)19-6-4-18(5-7-19)25-22-23-9-8-20(26-22)21-16(2)24-17(3)30-21/h4-9,14-15H,10-13H2,1-3H3,(H,23,25,26). The SMILES string of the molecule is Cc1nc(C)c(-c2ccnc(Nc3ccc(N4CCN(C(C)C=O)CC4)cc3)n2)s1. The van der Waals surface area contributed by atoms with E-state index in [0.29, 0.717) is 5.95 Å². The van der Waals surface area contributed by atoms with Gasteiger partial charge in [-0.2, -0.15) is 0 Å². The normalized spacial score (nSPS) is 15.8. The number of nitrogens with one attached hydrogen (secondary N) is 1. The number of nitrogens with zero attached hydrogens (tertiary/aromatic N) is 5. The van der Waals surface area contributed by atoms with Crippen molar-refractivity contribution in [1.29, 1.82) is 0 Å². The Kier molecular flexibility index (Phi) is 6.06. The summed E-state index contributed by atoms with van der Waals surface area (Å²) in [6.45, 7) is 9.61. The maximum absolute atomic E-state index is 11.0. The third-order valence-corrected chi connectivity index (χ3v) is 6.46. The molecular weight excluding hydrogens is 396 g/mol. The summed E-state index contributed by atoms with van der Waals surface area (Å²) in [5.41, 5.74) is 4.01. The van der Waals surface area contributed by atoms with E-state index in [4.69, 9.17) is 0 Å². The van der Waals surface area contributed by atoms with E-state index in [1.54, 1.807) is 17.5 Å². The highest BCUT2D eigenvalue weighted by molar-refractivity contribution is 7.15. The zero-order chi connectivity index (χ0) is 21.1. The summed E-state index contributed by atoms with van der Waals surface area (Å²) in [6.07, 6.45) is 2.79. The van der Waals surface area contributed by atoms with Gasteiger partial charge in [0.15, 0.2) is 0 Å². The van der Waals surface area contributed by atoms with Crippen LogP contribution in [0.15, 0.2) is 36.5 Å². The third-order valence-electron chi connectivity index (χ3n) is 5.37. The van der Waals surface area contributed by atoms with Gasteiger partial charge in [0.05, 0.1) is 27.3 Å². The van der Waals surface area contributed by atoms with Crippen molar-refractivity contribution in [2.24, 2.45) is 0 Å². The molecule has 0 aliphatic carbocycles. The van der Waals surface area contributed by atoms with E-state index in [9.17, 15) is 4.79 Å². The van der Waals surface area contributed by atoms with Crippen molar-refractivity contribution in [2.45, 2.75) is 26.8 Å². The van der Waals surface area contributed by atoms with Crippen LogP contribution in [0.4, 0.5) is 17.3 Å². The van der Waals surface area contributed by atoms with Crippen LogP contribution < -0.4 is 10.2 Å². The van der Waals surface area contributed by atoms with Crippen LogP contribution in [0.3, 0.4) is 0 Å². The zero-order valence-corrected chi connectivity index (χ0v) is 18.3. The van der Waals surface area contributed by atoms with E-state index in [2.05, 4.69) is 42.2 Å². The number of rotatable bonds is 6. The van der Waals surface area contributed by atoms with Crippen LogP contribution in [0.25, 0.3) is 10.6 Å². The molecule has 3 heterocycles. The predicted molar refractivity (Wildman–Crippen MR) is 122 cm³/mol. The molecule has 0 amide bonds. The molecule has 156 valence electrons. The number of benzene rings is 1. The molecule has 0 saturated carbocycles. The lowest BCUT2D eigenvalue weighted by molar-refractivity contribution is -0.112. The van der Waals surface area contributed by atoms with Gasteiger partial charge >= 0.3 is 0 Å². The molecule has 0 bridgehead atoms. The zero-order valence-electron chi connectivity index (χ0n) is 17.5. The van der Waals surface area contributed by atoms with Crippen molar-refractivity contribution >= 4 is 34.9 Å². The molecule has 0 radical (unpaired) electrons. The molecule has 30 heavy (non-hydrogen) atoms. The fourth-order valence-electron chi connectivity index (χ4n) is 3.67. The van der Waals surface area contributed by atoms with Crippen LogP contribution in [-0.2, 0) is 4.79 Å². The fourth-order valence-corrected chi connectivity index (χ4v) is 4.56. The van der Waals surface area contributed by atoms with Gasteiger partial charge in [-0.05, 0) is 51.1 Å². The quantitative estimate of drug-likeness (QED) is 0.608. The minimum atomic E-state index is -0.00727. The van der Waals surface area contributed by atoms with Crippen molar-refractivity contribution in [1.82, 2.24) is 19.9 Å². The van der Waals surface area contributed by atoms with E-state index in [1.165, 1.54) is 5.69 Å². The minimum absolute atomic E-state index is 0.00727. The number of aryl methyl sites for hydroxylation is 2. The molecule has 1 aliphatic rings. The Labute approximate surface area is 180 Å². The minimum Gasteiger partial charge on any atom is -0.369 e. The van der Waals surface area contributed by atoms with Crippen molar-refractivity contribution in [3.8, 4) is 10.6 Å². The lowest BCUT2D eigenvalue weighted by atomic mass is 10.2. The highest BCUT2D eigenvalue weighted by atomic mass is 32.1. The van der Waals surface area contributed by atoms with Gasteiger partial charge in [0.1, 0.15) is 6.29 Å². The predicted octanol–water partition coefficient (Wildman–Crippen LogP) is 3.67. The van der Waals surface area contributed by atoms with Gasteiger partial charge in [0, 0.05) is 43.8 Å². The van der Waals surface area contributed by atoms with E-state index in [1.807, 2.05) is 39.0 Å². The summed E-state index contributed by atoms with van der Waals surface area (Å²) < 4.78 is 0. The Morgan fingerprint density at radius 3 is 2.43 bits per heavy atom. The van der Waals surface area contributed by atoms with Gasteiger partial charge < -0.3 is 15.0 Å². The van der Waals surface area contributed by atoms with Gasteiger partial charge in [-0.15, -0.1) is 11.3 Å². The summed E-state index contributed by atoms with van der Waals surface area (Å²) >= 11 is 1.65. The number of aromatic nitrogens is 3. The molecule has 1 N–H and O–H groups in total. The summed E-state index contributed by atoms with van der Waals surface area (Å²) in [7, 11) is 0. The van der Waals surface area contributed by atoms with Gasteiger partial charge in [-0.1, -0.05) is 0 Å². The Balaban J connectivity index is 1.41. The summed E-state index contributed by atoms with van der Waals surface area (Å²) in [5.74, 6) is 0.571. The largest absolute Gasteiger partial charge is 0.369 e. The maximum Gasteiger partial charge on any atom is 0.227 e. The number of piperazine rings is 1. The fraction of sp³-hybridized carbons (Fsp3) is 0.364. The second kappa shape index (κ2) is 8.89.